The number of hydrogen-bond acceptors (Lipinski definition) is 5. The van der Waals surface area contributed by atoms with Crippen LogP contribution in [0.15, 0.2) is 65.1 Å². The van der Waals surface area contributed by atoms with Gasteiger partial charge < -0.3 is 0 Å². The second-order valence-electron chi connectivity index (χ2n) is 5.43. The SMILES string of the molecule is CC(=O)N(c1nc(/C=N\NC(=O)c2ccccc2)cs1)c1ccccc1F. The predicted octanol–water partition coefficient (Wildman–Crippen LogP) is 3.73. The van der Waals surface area contributed by atoms with E-state index >= 15 is 0 Å². The number of rotatable bonds is 5. The first-order valence-corrected chi connectivity index (χ1v) is 8.83. The van der Waals surface area contributed by atoms with Crippen LogP contribution in [0, 0.1) is 5.82 Å². The number of benzene rings is 2. The van der Waals surface area contributed by atoms with Crippen molar-refractivity contribution in [2.24, 2.45) is 5.10 Å². The van der Waals surface area contributed by atoms with E-state index < -0.39 is 5.82 Å². The molecule has 0 saturated carbocycles. The molecule has 1 aromatic heterocycles. The monoisotopic (exact) mass is 382 g/mol. The number of nitrogens with zero attached hydrogens (tertiary/aromatic N) is 3. The Kier molecular flexibility index (Phi) is 5.68. The average Bonchev–Trinajstić information content (AvgIpc) is 3.12. The molecule has 6 nitrogen and oxygen atoms in total. The Labute approximate surface area is 159 Å². The highest BCUT2D eigenvalue weighted by Crippen LogP contribution is 2.30. The van der Waals surface area contributed by atoms with Crippen molar-refractivity contribution in [2.45, 2.75) is 6.92 Å². The van der Waals surface area contributed by atoms with E-state index in [-0.39, 0.29) is 17.5 Å². The minimum Gasteiger partial charge on any atom is -0.274 e. The van der Waals surface area contributed by atoms with Crippen LogP contribution in [0.2, 0.25) is 0 Å². The lowest BCUT2D eigenvalue weighted by Crippen LogP contribution is -2.23. The Morgan fingerprint density at radius 1 is 1.15 bits per heavy atom. The maximum absolute atomic E-state index is 14.1. The van der Waals surface area contributed by atoms with Crippen LogP contribution in [-0.4, -0.2) is 23.0 Å². The molecule has 2 aromatic carbocycles. The third kappa shape index (κ3) is 4.42. The zero-order valence-electron chi connectivity index (χ0n) is 14.3. The molecular formula is C19H15FN4O2S. The Morgan fingerprint density at radius 2 is 1.85 bits per heavy atom. The molecule has 0 radical (unpaired) electrons. The molecule has 27 heavy (non-hydrogen) atoms. The van der Waals surface area contributed by atoms with E-state index in [9.17, 15) is 14.0 Å². The fourth-order valence-electron chi connectivity index (χ4n) is 2.29. The van der Waals surface area contributed by atoms with Crippen LogP contribution in [0.3, 0.4) is 0 Å². The van der Waals surface area contributed by atoms with Gasteiger partial charge in [0.15, 0.2) is 5.13 Å². The van der Waals surface area contributed by atoms with Crippen molar-refractivity contribution in [2.75, 3.05) is 4.90 Å². The maximum Gasteiger partial charge on any atom is 0.271 e. The highest BCUT2D eigenvalue weighted by atomic mass is 32.1. The highest BCUT2D eigenvalue weighted by molar-refractivity contribution is 7.14. The summed E-state index contributed by atoms with van der Waals surface area (Å²) in [4.78, 5) is 29.4. The summed E-state index contributed by atoms with van der Waals surface area (Å²) in [5, 5.41) is 5.83. The molecule has 2 amide bonds. The van der Waals surface area contributed by atoms with Crippen LogP contribution in [0.5, 0.6) is 0 Å². The highest BCUT2D eigenvalue weighted by Gasteiger charge is 2.20. The fraction of sp³-hybridized carbons (Fsp3) is 0.0526. The van der Waals surface area contributed by atoms with Gasteiger partial charge in [-0.05, 0) is 24.3 Å². The van der Waals surface area contributed by atoms with Crippen molar-refractivity contribution < 1.29 is 14.0 Å². The molecule has 0 aliphatic heterocycles. The zero-order valence-corrected chi connectivity index (χ0v) is 15.1. The van der Waals surface area contributed by atoms with E-state index in [4.69, 9.17) is 0 Å². The molecule has 3 aromatic rings. The number of carbonyl (C=O) groups excluding carboxylic acids is 2. The molecule has 0 aliphatic carbocycles. The maximum atomic E-state index is 14.1. The van der Waals surface area contributed by atoms with Gasteiger partial charge >= 0.3 is 0 Å². The van der Waals surface area contributed by atoms with Crippen molar-refractivity contribution in [1.82, 2.24) is 10.4 Å². The number of thiazole rings is 1. The molecule has 0 atom stereocenters. The third-order valence-corrected chi connectivity index (χ3v) is 4.35. The lowest BCUT2D eigenvalue weighted by atomic mass is 10.2. The molecule has 1 heterocycles. The molecule has 0 bridgehead atoms. The van der Waals surface area contributed by atoms with Crippen molar-refractivity contribution in [3.63, 3.8) is 0 Å². The predicted molar refractivity (Wildman–Crippen MR) is 103 cm³/mol. The minimum absolute atomic E-state index is 0.125. The summed E-state index contributed by atoms with van der Waals surface area (Å²) in [5.74, 6) is -1.23. The molecular weight excluding hydrogens is 367 g/mol. The number of nitrogens with one attached hydrogen (secondary N) is 1. The van der Waals surface area contributed by atoms with E-state index in [1.54, 1.807) is 41.8 Å². The molecule has 0 spiro atoms. The zero-order chi connectivity index (χ0) is 19.2. The average molecular weight is 382 g/mol. The number of amides is 2. The van der Waals surface area contributed by atoms with Gasteiger partial charge in [0.2, 0.25) is 5.91 Å². The van der Waals surface area contributed by atoms with E-state index in [1.807, 2.05) is 6.07 Å². The summed E-state index contributed by atoms with van der Waals surface area (Å²) < 4.78 is 14.1. The first-order chi connectivity index (χ1) is 13.1. The summed E-state index contributed by atoms with van der Waals surface area (Å²) in [7, 11) is 0. The number of hydrazone groups is 1. The van der Waals surface area contributed by atoms with E-state index in [1.165, 1.54) is 41.5 Å². The first kappa shape index (κ1) is 18.4. The van der Waals surface area contributed by atoms with Crippen molar-refractivity contribution in [1.29, 1.82) is 0 Å². The van der Waals surface area contributed by atoms with Gasteiger partial charge in [-0.2, -0.15) is 5.10 Å². The summed E-state index contributed by atoms with van der Waals surface area (Å²) in [5.41, 5.74) is 3.45. The van der Waals surface area contributed by atoms with Gasteiger partial charge in [-0.25, -0.2) is 14.8 Å². The molecule has 0 unspecified atom stereocenters. The van der Waals surface area contributed by atoms with E-state index in [0.29, 0.717) is 16.4 Å². The van der Waals surface area contributed by atoms with Gasteiger partial charge in [-0.1, -0.05) is 30.3 Å². The van der Waals surface area contributed by atoms with Crippen molar-refractivity contribution in [3.05, 3.63) is 77.1 Å². The van der Waals surface area contributed by atoms with E-state index in [2.05, 4.69) is 15.5 Å². The Bertz CT molecular complexity index is 988. The van der Waals surface area contributed by atoms with Gasteiger partial charge in [0, 0.05) is 17.9 Å². The van der Waals surface area contributed by atoms with Gasteiger partial charge in [-0.15, -0.1) is 11.3 Å². The number of hydrogen-bond donors (Lipinski definition) is 1. The number of carbonyl (C=O) groups is 2. The lowest BCUT2D eigenvalue weighted by Gasteiger charge is -2.18. The second kappa shape index (κ2) is 8.33. The van der Waals surface area contributed by atoms with Gasteiger partial charge in [-0.3, -0.25) is 14.5 Å². The normalized spacial score (nSPS) is 10.7. The van der Waals surface area contributed by atoms with E-state index in [0.717, 1.165) is 0 Å². The fourth-order valence-corrected chi connectivity index (χ4v) is 3.12. The van der Waals surface area contributed by atoms with Crippen LogP contribution in [0.25, 0.3) is 0 Å². The lowest BCUT2D eigenvalue weighted by molar-refractivity contribution is -0.115. The van der Waals surface area contributed by atoms with Crippen LogP contribution < -0.4 is 10.3 Å². The third-order valence-electron chi connectivity index (χ3n) is 3.51. The minimum atomic E-state index is -0.520. The van der Waals surface area contributed by atoms with Gasteiger partial charge in [0.05, 0.1) is 17.6 Å². The number of para-hydroxylation sites is 1. The molecule has 136 valence electrons. The Morgan fingerprint density at radius 3 is 2.56 bits per heavy atom. The van der Waals surface area contributed by atoms with Crippen LogP contribution in [-0.2, 0) is 4.79 Å². The standard InChI is InChI=1S/C19H15FN4O2S/c1-13(25)24(17-10-6-5-9-16(17)20)19-22-15(12-27-19)11-21-23-18(26)14-7-3-2-4-8-14/h2-12H,1H3,(H,23,26)/b21-11-. The number of halogens is 1. The summed E-state index contributed by atoms with van der Waals surface area (Å²) in [6.45, 7) is 1.34. The van der Waals surface area contributed by atoms with Crippen LogP contribution >= 0.6 is 11.3 Å². The summed E-state index contributed by atoms with van der Waals surface area (Å²) in [6.07, 6.45) is 1.36. The molecule has 3 rings (SSSR count). The largest absolute Gasteiger partial charge is 0.274 e. The molecule has 0 fully saturated rings. The Balaban J connectivity index is 1.74. The molecule has 1 N–H and O–H groups in total. The quantitative estimate of drug-likeness (QED) is 0.540. The second-order valence-corrected chi connectivity index (χ2v) is 6.26. The van der Waals surface area contributed by atoms with Crippen molar-refractivity contribution >= 4 is 40.2 Å². The topological polar surface area (TPSA) is 74.7 Å². The number of aromatic nitrogens is 1. The summed E-state index contributed by atoms with van der Waals surface area (Å²) >= 11 is 1.17. The smallest absolute Gasteiger partial charge is 0.271 e. The van der Waals surface area contributed by atoms with Gasteiger partial charge in [0.25, 0.3) is 5.91 Å². The van der Waals surface area contributed by atoms with Gasteiger partial charge in [0.1, 0.15) is 5.82 Å². The Hall–Kier alpha value is -3.39. The molecule has 0 saturated heterocycles. The molecule has 0 aliphatic rings. The first-order valence-electron chi connectivity index (χ1n) is 7.95. The van der Waals surface area contributed by atoms with Crippen LogP contribution in [0.1, 0.15) is 23.0 Å². The summed E-state index contributed by atoms with van der Waals surface area (Å²) in [6, 6.07) is 14.6. The van der Waals surface area contributed by atoms with Crippen LogP contribution in [0.4, 0.5) is 15.2 Å². The number of anilines is 2. The molecule has 8 heteroatoms. The van der Waals surface area contributed by atoms with Crippen molar-refractivity contribution in [3.8, 4) is 0 Å².